The number of rotatable bonds is 4. The van der Waals surface area contributed by atoms with Crippen LogP contribution < -0.4 is 0 Å². The average molecular weight is 379 g/mol. The molecule has 1 saturated heterocycles. The van der Waals surface area contributed by atoms with Gasteiger partial charge in [0, 0.05) is 19.0 Å². The Balaban J connectivity index is 1.71. The first-order valence-electron chi connectivity index (χ1n) is 9.25. The van der Waals surface area contributed by atoms with E-state index in [1.807, 2.05) is 6.92 Å². The van der Waals surface area contributed by atoms with Gasteiger partial charge in [-0.2, -0.15) is 4.31 Å². The SMILES string of the molecule is CC1CCCCN1S(=O)(=O)c1ccc(C(=O)OC2CCCCC2=O)cc1. The van der Waals surface area contributed by atoms with Gasteiger partial charge in [-0.1, -0.05) is 6.42 Å². The van der Waals surface area contributed by atoms with Crippen LogP contribution >= 0.6 is 0 Å². The molecule has 0 bridgehead atoms. The van der Waals surface area contributed by atoms with E-state index in [2.05, 4.69) is 0 Å². The summed E-state index contributed by atoms with van der Waals surface area (Å²) in [6.07, 6.45) is 4.81. The Bertz CT molecular complexity index is 772. The Kier molecular flexibility index (Phi) is 5.77. The Morgan fingerprint density at radius 2 is 1.77 bits per heavy atom. The van der Waals surface area contributed by atoms with Crippen LogP contribution in [0.25, 0.3) is 0 Å². The predicted molar refractivity (Wildman–Crippen MR) is 96.3 cm³/mol. The highest BCUT2D eigenvalue weighted by Crippen LogP contribution is 2.25. The van der Waals surface area contributed by atoms with Crippen LogP contribution in [0.15, 0.2) is 29.2 Å². The fourth-order valence-electron chi connectivity index (χ4n) is 3.60. The molecule has 1 aromatic rings. The molecule has 142 valence electrons. The van der Waals surface area contributed by atoms with Crippen molar-refractivity contribution >= 4 is 21.8 Å². The zero-order valence-electron chi connectivity index (χ0n) is 15.0. The van der Waals surface area contributed by atoms with Gasteiger partial charge in [0.25, 0.3) is 0 Å². The van der Waals surface area contributed by atoms with Crippen LogP contribution in [0.3, 0.4) is 0 Å². The molecule has 26 heavy (non-hydrogen) atoms. The van der Waals surface area contributed by atoms with E-state index >= 15 is 0 Å². The molecule has 0 aromatic heterocycles. The number of hydrogen-bond acceptors (Lipinski definition) is 5. The summed E-state index contributed by atoms with van der Waals surface area (Å²) in [6, 6.07) is 5.77. The molecule has 2 fully saturated rings. The van der Waals surface area contributed by atoms with E-state index in [1.165, 1.54) is 28.6 Å². The molecule has 2 unspecified atom stereocenters. The second-order valence-corrected chi connectivity index (χ2v) is 8.98. The molecule has 0 radical (unpaired) electrons. The number of ketones is 1. The number of sulfonamides is 1. The highest BCUT2D eigenvalue weighted by atomic mass is 32.2. The first-order valence-corrected chi connectivity index (χ1v) is 10.7. The Labute approximate surface area is 154 Å². The average Bonchev–Trinajstić information content (AvgIpc) is 2.64. The number of carbonyl (C=O) groups excluding carboxylic acids is 2. The summed E-state index contributed by atoms with van der Waals surface area (Å²) in [7, 11) is -3.56. The van der Waals surface area contributed by atoms with Crippen molar-refractivity contribution in [3.05, 3.63) is 29.8 Å². The molecule has 6 nitrogen and oxygen atoms in total. The van der Waals surface area contributed by atoms with E-state index in [0.717, 1.165) is 32.1 Å². The smallest absolute Gasteiger partial charge is 0.338 e. The van der Waals surface area contributed by atoms with Gasteiger partial charge in [-0.3, -0.25) is 4.79 Å². The van der Waals surface area contributed by atoms with Crippen LogP contribution in [0.2, 0.25) is 0 Å². The summed E-state index contributed by atoms with van der Waals surface area (Å²) in [5.41, 5.74) is 0.258. The van der Waals surface area contributed by atoms with E-state index in [1.54, 1.807) is 0 Å². The first-order chi connectivity index (χ1) is 12.4. The molecule has 7 heteroatoms. The van der Waals surface area contributed by atoms with Gasteiger partial charge >= 0.3 is 5.97 Å². The predicted octanol–water partition coefficient (Wildman–Crippen LogP) is 2.92. The molecular weight excluding hydrogens is 354 g/mol. The van der Waals surface area contributed by atoms with E-state index in [4.69, 9.17) is 4.74 Å². The summed E-state index contributed by atoms with van der Waals surface area (Å²) in [5, 5.41) is 0. The van der Waals surface area contributed by atoms with Crippen molar-refractivity contribution < 1.29 is 22.7 Å². The van der Waals surface area contributed by atoms with Gasteiger partial charge in [0.1, 0.15) is 0 Å². The largest absolute Gasteiger partial charge is 0.451 e. The maximum Gasteiger partial charge on any atom is 0.338 e. The van der Waals surface area contributed by atoms with Gasteiger partial charge < -0.3 is 4.74 Å². The maximum absolute atomic E-state index is 12.8. The molecule has 0 spiro atoms. The van der Waals surface area contributed by atoms with Crippen LogP contribution in [0, 0.1) is 0 Å². The quantitative estimate of drug-likeness (QED) is 0.752. The lowest BCUT2D eigenvalue weighted by Gasteiger charge is -2.32. The highest BCUT2D eigenvalue weighted by Gasteiger charge is 2.31. The number of ether oxygens (including phenoxy) is 1. The van der Waals surface area contributed by atoms with Crippen molar-refractivity contribution in [2.45, 2.75) is 68.9 Å². The molecule has 3 rings (SSSR count). The van der Waals surface area contributed by atoms with Crippen LogP contribution in [-0.4, -0.2) is 43.2 Å². The fourth-order valence-corrected chi connectivity index (χ4v) is 5.30. The minimum atomic E-state index is -3.56. The fraction of sp³-hybridized carbons (Fsp3) is 0.579. The van der Waals surface area contributed by atoms with E-state index in [-0.39, 0.29) is 22.3 Å². The Morgan fingerprint density at radius 1 is 1.08 bits per heavy atom. The van der Waals surface area contributed by atoms with Gasteiger partial charge in [0.15, 0.2) is 11.9 Å². The standard InChI is InChI=1S/C19H25NO5S/c1-14-6-4-5-13-20(14)26(23,24)16-11-9-15(10-12-16)19(22)25-18-8-3-2-7-17(18)21/h9-12,14,18H,2-8,13H2,1H3. The lowest BCUT2D eigenvalue weighted by Crippen LogP contribution is -2.41. The lowest BCUT2D eigenvalue weighted by molar-refractivity contribution is -0.129. The van der Waals surface area contributed by atoms with Crippen molar-refractivity contribution in [1.29, 1.82) is 0 Å². The van der Waals surface area contributed by atoms with Crippen LogP contribution in [0.4, 0.5) is 0 Å². The Hall–Kier alpha value is -1.73. The molecule has 1 saturated carbocycles. The molecule has 2 aliphatic rings. The van der Waals surface area contributed by atoms with E-state index < -0.39 is 22.1 Å². The number of esters is 1. The van der Waals surface area contributed by atoms with Crippen LogP contribution in [0.1, 0.15) is 62.2 Å². The summed E-state index contributed by atoms with van der Waals surface area (Å²) in [5.74, 6) is -0.622. The molecule has 1 aromatic carbocycles. The summed E-state index contributed by atoms with van der Waals surface area (Å²) in [6.45, 7) is 2.45. The normalized spacial score (nSPS) is 25.0. The zero-order chi connectivity index (χ0) is 18.7. The van der Waals surface area contributed by atoms with Gasteiger partial charge in [-0.05, 0) is 63.3 Å². The zero-order valence-corrected chi connectivity index (χ0v) is 15.8. The van der Waals surface area contributed by atoms with Gasteiger partial charge in [0.05, 0.1) is 10.5 Å². The number of Topliss-reactive ketones (excluding diaryl/α,β-unsaturated/α-hetero) is 1. The Morgan fingerprint density at radius 3 is 2.42 bits per heavy atom. The molecule has 0 N–H and O–H groups in total. The van der Waals surface area contributed by atoms with Crippen molar-refractivity contribution in [3.63, 3.8) is 0 Å². The number of piperidine rings is 1. The second kappa shape index (κ2) is 7.88. The number of hydrogen-bond donors (Lipinski definition) is 0. The maximum atomic E-state index is 12.8. The lowest BCUT2D eigenvalue weighted by atomic mass is 9.96. The number of carbonyl (C=O) groups is 2. The first kappa shape index (κ1) is 19.0. The molecule has 0 amide bonds. The third-order valence-electron chi connectivity index (χ3n) is 5.19. The van der Waals surface area contributed by atoms with Crippen molar-refractivity contribution in [1.82, 2.24) is 4.31 Å². The monoisotopic (exact) mass is 379 g/mol. The summed E-state index contributed by atoms with van der Waals surface area (Å²) >= 11 is 0. The van der Waals surface area contributed by atoms with E-state index in [0.29, 0.717) is 19.4 Å². The van der Waals surface area contributed by atoms with Crippen molar-refractivity contribution in [2.75, 3.05) is 6.54 Å². The third-order valence-corrected chi connectivity index (χ3v) is 7.21. The molecule has 2 atom stereocenters. The molecular formula is C19H25NO5S. The number of nitrogens with zero attached hydrogens (tertiary/aromatic N) is 1. The van der Waals surface area contributed by atoms with Gasteiger partial charge in [-0.25, -0.2) is 13.2 Å². The highest BCUT2D eigenvalue weighted by molar-refractivity contribution is 7.89. The van der Waals surface area contributed by atoms with Crippen molar-refractivity contribution in [2.24, 2.45) is 0 Å². The topological polar surface area (TPSA) is 80.8 Å². The summed E-state index contributed by atoms with van der Waals surface area (Å²) < 4.78 is 32.4. The molecule has 1 aliphatic carbocycles. The van der Waals surface area contributed by atoms with Crippen LogP contribution in [-0.2, 0) is 19.6 Å². The van der Waals surface area contributed by atoms with Crippen LogP contribution in [0.5, 0.6) is 0 Å². The van der Waals surface area contributed by atoms with E-state index in [9.17, 15) is 18.0 Å². The molecule has 1 heterocycles. The minimum Gasteiger partial charge on any atom is -0.451 e. The van der Waals surface area contributed by atoms with Crippen molar-refractivity contribution in [3.8, 4) is 0 Å². The summed E-state index contributed by atoms with van der Waals surface area (Å²) in [4.78, 5) is 24.2. The number of benzene rings is 1. The second-order valence-electron chi connectivity index (χ2n) is 7.09. The van der Waals surface area contributed by atoms with Gasteiger partial charge in [-0.15, -0.1) is 0 Å². The molecule has 1 aliphatic heterocycles. The third kappa shape index (κ3) is 3.99. The van der Waals surface area contributed by atoms with Gasteiger partial charge in [0.2, 0.25) is 10.0 Å². The minimum absolute atomic E-state index is 0.0179.